The van der Waals surface area contributed by atoms with Gasteiger partial charge in [0.05, 0.1) is 0 Å². The van der Waals surface area contributed by atoms with E-state index in [1.54, 1.807) is 28.8 Å². The van der Waals surface area contributed by atoms with Crippen LogP contribution in [0.25, 0.3) is 12.2 Å². The van der Waals surface area contributed by atoms with Crippen molar-refractivity contribution in [2.45, 2.75) is 21.1 Å². The second-order valence-corrected chi connectivity index (χ2v) is 42.9. The molecule has 0 heterocycles. The zero-order chi connectivity index (χ0) is 23.4. The third kappa shape index (κ3) is 3.73. The van der Waals surface area contributed by atoms with Gasteiger partial charge in [-0.15, -0.1) is 24.8 Å². The summed E-state index contributed by atoms with van der Waals surface area (Å²) in [6.07, 6.45) is 4.96. The molecule has 4 aromatic rings. The second-order valence-electron chi connectivity index (χ2n) is 10.3. The second kappa shape index (κ2) is 10.3. The topological polar surface area (TPSA) is 0 Å². The molecule has 0 radical (unpaired) electrons. The molecule has 2 aliphatic carbocycles. The third-order valence-corrected chi connectivity index (χ3v) is 47.4. The van der Waals surface area contributed by atoms with Gasteiger partial charge in [0.2, 0.25) is 0 Å². The molecular weight excluding hydrogens is 619 g/mol. The van der Waals surface area contributed by atoms with Crippen LogP contribution >= 0.6 is 24.8 Å². The number of rotatable bonds is 4. The van der Waals surface area contributed by atoms with Crippen molar-refractivity contribution in [2.24, 2.45) is 0 Å². The summed E-state index contributed by atoms with van der Waals surface area (Å²) in [5.41, 5.74) is 9.01. The summed E-state index contributed by atoms with van der Waals surface area (Å²) in [5, 5.41) is 0. The van der Waals surface area contributed by atoms with Crippen molar-refractivity contribution >= 4 is 55.7 Å². The van der Waals surface area contributed by atoms with Crippen LogP contribution in [0.15, 0.2) is 120 Å². The monoisotopic (exact) mass is 650 g/mol. The molecule has 0 amide bonds. The molecule has 0 N–H and O–H groups in total. The summed E-state index contributed by atoms with van der Waals surface area (Å²) in [4.78, 5) is 0. The zero-order valence-electron chi connectivity index (χ0n) is 20.7. The van der Waals surface area contributed by atoms with Gasteiger partial charge in [0.15, 0.2) is 0 Å². The Balaban J connectivity index is 0.00000152. The van der Waals surface area contributed by atoms with Crippen molar-refractivity contribution in [3.05, 3.63) is 143 Å². The van der Waals surface area contributed by atoms with Crippen molar-refractivity contribution in [3.8, 4) is 0 Å². The van der Waals surface area contributed by atoms with Gasteiger partial charge in [-0.1, -0.05) is 0 Å². The normalized spacial score (nSPS) is 18.2. The maximum atomic E-state index is 2.48. The van der Waals surface area contributed by atoms with Gasteiger partial charge in [0.25, 0.3) is 0 Å². The quantitative estimate of drug-likeness (QED) is 0.208. The fourth-order valence-corrected chi connectivity index (χ4v) is 46.7. The van der Waals surface area contributed by atoms with Gasteiger partial charge in [-0.2, -0.15) is 0 Å². The number of hydrogen-bond acceptors (Lipinski definition) is 0. The molecule has 2 aliphatic rings. The predicted octanol–water partition coefficient (Wildman–Crippen LogP) is 7.04. The van der Waals surface area contributed by atoms with Crippen molar-refractivity contribution in [1.29, 1.82) is 0 Å². The van der Waals surface area contributed by atoms with Gasteiger partial charge < -0.3 is 0 Å². The summed E-state index contributed by atoms with van der Waals surface area (Å²) in [6, 6.07) is 41.8. The fraction of sp³-hybridized carbons (Fsp3) is 0.125. The summed E-state index contributed by atoms with van der Waals surface area (Å²) in [6.45, 7) is 4.80. The Hall–Kier alpha value is -1.63. The van der Waals surface area contributed by atoms with E-state index in [9.17, 15) is 0 Å². The van der Waals surface area contributed by atoms with Crippen LogP contribution in [0.5, 0.6) is 0 Å². The molecule has 36 heavy (non-hydrogen) atoms. The first kappa shape index (κ1) is 27.4. The van der Waals surface area contributed by atoms with Crippen molar-refractivity contribution < 1.29 is 15.7 Å². The average Bonchev–Trinajstić information content (AvgIpc) is 3.41. The van der Waals surface area contributed by atoms with E-state index in [0.29, 0.717) is 7.25 Å². The van der Waals surface area contributed by atoms with Crippen LogP contribution in [0.4, 0.5) is 0 Å². The Kier molecular flexibility index (Phi) is 7.81. The van der Waals surface area contributed by atoms with Gasteiger partial charge in [-0.05, 0) is 0 Å². The molecule has 4 aromatic carbocycles. The Bertz CT molecular complexity index is 1420. The molecule has 0 aliphatic heterocycles. The van der Waals surface area contributed by atoms with Crippen molar-refractivity contribution in [1.82, 2.24) is 0 Å². The van der Waals surface area contributed by atoms with E-state index in [0.717, 1.165) is 0 Å². The molecule has 182 valence electrons. The van der Waals surface area contributed by atoms with E-state index in [1.807, 2.05) is 0 Å². The summed E-state index contributed by atoms with van der Waals surface area (Å²) < 4.78 is 4.17. The van der Waals surface area contributed by atoms with Gasteiger partial charge in [0.1, 0.15) is 0 Å². The average molecular weight is 651 g/mol. The molecule has 2 atom stereocenters. The predicted molar refractivity (Wildman–Crippen MR) is 161 cm³/mol. The molecule has 0 saturated carbocycles. The molecule has 0 fully saturated rings. The van der Waals surface area contributed by atoms with Crippen LogP contribution in [0.1, 0.15) is 43.4 Å². The number of hydrogen-bond donors (Lipinski definition) is 0. The number of fused-ring (bicyclic) bond motifs is 2. The summed E-state index contributed by atoms with van der Waals surface area (Å²) in [5.74, 6) is 0. The van der Waals surface area contributed by atoms with Gasteiger partial charge >= 0.3 is 210 Å². The van der Waals surface area contributed by atoms with Gasteiger partial charge in [-0.3, -0.25) is 0 Å². The number of allylic oxidation sites excluding steroid dienone is 2. The van der Waals surface area contributed by atoms with Gasteiger partial charge in [0, 0.05) is 0 Å². The Labute approximate surface area is 233 Å². The number of halogens is 2. The van der Waals surface area contributed by atoms with Crippen molar-refractivity contribution in [3.63, 3.8) is 0 Å². The van der Waals surface area contributed by atoms with E-state index in [1.165, 1.54) is 23.3 Å². The Morgan fingerprint density at radius 1 is 0.500 bits per heavy atom. The molecule has 0 nitrogen and oxygen atoms in total. The summed E-state index contributed by atoms with van der Waals surface area (Å²) >= 11 is -2.87. The van der Waals surface area contributed by atoms with Crippen molar-refractivity contribution in [2.75, 3.05) is 0 Å². The van der Waals surface area contributed by atoms with Crippen LogP contribution in [0.3, 0.4) is 0 Å². The molecule has 0 saturated heterocycles. The van der Waals surface area contributed by atoms with E-state index in [2.05, 4.69) is 135 Å². The molecule has 4 heteroatoms. The first-order valence-electron chi connectivity index (χ1n) is 12.2. The molecule has 0 bridgehead atoms. The summed E-state index contributed by atoms with van der Waals surface area (Å²) in [7, 11) is 0. The van der Waals surface area contributed by atoms with Crippen LogP contribution in [-0.2, 0) is 15.7 Å². The van der Waals surface area contributed by atoms with Crippen LogP contribution in [0, 0.1) is 0 Å². The minimum absolute atomic E-state index is 0. The molecule has 0 aromatic heterocycles. The van der Waals surface area contributed by atoms with E-state index >= 15 is 0 Å². The van der Waals surface area contributed by atoms with E-state index < -0.39 is 15.7 Å². The first-order chi connectivity index (χ1) is 16.5. The van der Waals surface area contributed by atoms with Gasteiger partial charge in [-0.25, -0.2) is 0 Å². The third-order valence-electron chi connectivity index (χ3n) is 8.52. The Morgan fingerprint density at radius 3 is 1.22 bits per heavy atom. The van der Waals surface area contributed by atoms with Crippen LogP contribution in [0.2, 0.25) is 0 Å². The smallest absolute Gasteiger partial charge is 0.147 e. The number of benzene rings is 4. The Morgan fingerprint density at radius 2 is 0.833 bits per heavy atom. The van der Waals surface area contributed by atoms with E-state index in [4.69, 9.17) is 0 Å². The maximum absolute atomic E-state index is 4.18. The molecule has 2 unspecified atom stereocenters. The molecular formula is C32H32Cl2GeZr. The van der Waals surface area contributed by atoms with Crippen LogP contribution in [-0.4, -0.2) is 12.1 Å². The SMILES string of the molecule is CC1=Cc2ccccc2[CH]1[Zr](=[GeH2])([c]1ccccc1)([c]1ccccc1)[CH]1C(C)=Cc2ccccc21.Cl.Cl. The maximum Gasteiger partial charge on any atom is -0.147 e. The minimum atomic E-state index is -4.18. The molecule has 6 rings (SSSR count). The zero-order valence-corrected chi connectivity index (χ0v) is 27.8. The standard InChI is InChI=1S/2C10H9.2C6H5.2ClH.GeH2.Zr/c2*1-8-6-9-4-2-3-5-10(9)7-8;2*1-2-4-6-5-3-1;;;;/h2*2-7H,1H3;2*1-5H;2*1H;1H2;. The van der Waals surface area contributed by atoms with E-state index in [-0.39, 0.29) is 24.8 Å². The largest absolute Gasteiger partial charge is 0.147 e. The fourth-order valence-electron chi connectivity index (χ4n) is 7.37. The minimum Gasteiger partial charge on any atom is -0.147 e. The first-order valence-corrected chi connectivity index (χ1v) is 28.0. The van der Waals surface area contributed by atoms with Crippen LogP contribution < -0.4 is 6.54 Å². The molecule has 0 spiro atoms.